The van der Waals surface area contributed by atoms with Crippen molar-refractivity contribution in [2.24, 2.45) is 5.41 Å². The minimum absolute atomic E-state index is 0.103. The SMILES string of the molecule is CCCC(COC)NC(=O)C1(COC)CCNCC1. The molecule has 2 N–H and O–H groups in total. The Morgan fingerprint density at radius 3 is 2.53 bits per heavy atom. The van der Waals surface area contributed by atoms with Crippen LogP contribution in [-0.4, -0.2) is 52.5 Å². The molecule has 0 radical (unpaired) electrons. The van der Waals surface area contributed by atoms with E-state index in [4.69, 9.17) is 9.47 Å². The van der Waals surface area contributed by atoms with E-state index in [2.05, 4.69) is 17.6 Å². The molecule has 0 saturated carbocycles. The number of ether oxygens (including phenoxy) is 2. The van der Waals surface area contributed by atoms with Crippen molar-refractivity contribution in [3.05, 3.63) is 0 Å². The van der Waals surface area contributed by atoms with Gasteiger partial charge in [-0.2, -0.15) is 0 Å². The molecular formula is C14H28N2O3. The van der Waals surface area contributed by atoms with Gasteiger partial charge in [0.05, 0.1) is 24.7 Å². The summed E-state index contributed by atoms with van der Waals surface area (Å²) in [7, 11) is 3.33. The maximum atomic E-state index is 12.6. The molecule has 1 saturated heterocycles. The third kappa shape index (κ3) is 4.75. The Morgan fingerprint density at radius 1 is 1.32 bits per heavy atom. The van der Waals surface area contributed by atoms with Gasteiger partial charge >= 0.3 is 0 Å². The Morgan fingerprint density at radius 2 is 2.00 bits per heavy atom. The van der Waals surface area contributed by atoms with Crippen LogP contribution in [0.3, 0.4) is 0 Å². The summed E-state index contributed by atoms with van der Waals surface area (Å²) in [5.74, 6) is 0.117. The molecule has 0 aromatic carbocycles. The maximum absolute atomic E-state index is 12.6. The topological polar surface area (TPSA) is 59.6 Å². The Labute approximate surface area is 116 Å². The van der Waals surface area contributed by atoms with Crippen molar-refractivity contribution in [3.63, 3.8) is 0 Å². The molecule has 1 amide bonds. The monoisotopic (exact) mass is 272 g/mol. The lowest BCUT2D eigenvalue weighted by molar-refractivity contribution is -0.137. The zero-order valence-electron chi connectivity index (χ0n) is 12.5. The molecule has 1 aliphatic heterocycles. The molecule has 5 nitrogen and oxygen atoms in total. The highest BCUT2D eigenvalue weighted by Gasteiger charge is 2.40. The second-order valence-corrected chi connectivity index (χ2v) is 5.38. The third-order valence-electron chi connectivity index (χ3n) is 3.80. The van der Waals surface area contributed by atoms with E-state index in [1.807, 2.05) is 0 Å². The second kappa shape index (κ2) is 8.51. The van der Waals surface area contributed by atoms with Gasteiger partial charge in [-0.05, 0) is 32.4 Å². The molecule has 0 aliphatic carbocycles. The Hall–Kier alpha value is -0.650. The van der Waals surface area contributed by atoms with Crippen molar-refractivity contribution in [1.29, 1.82) is 0 Å². The van der Waals surface area contributed by atoms with E-state index in [0.29, 0.717) is 13.2 Å². The molecule has 0 spiro atoms. The van der Waals surface area contributed by atoms with Crippen LogP contribution < -0.4 is 10.6 Å². The standard InChI is InChI=1S/C14H28N2O3/c1-4-5-12(10-18-2)16-13(17)14(11-19-3)6-8-15-9-7-14/h12,15H,4-11H2,1-3H3,(H,16,17). The first kappa shape index (κ1) is 16.4. The summed E-state index contributed by atoms with van der Waals surface area (Å²) in [4.78, 5) is 12.6. The van der Waals surface area contributed by atoms with E-state index in [-0.39, 0.29) is 17.4 Å². The van der Waals surface area contributed by atoms with Crippen molar-refractivity contribution in [1.82, 2.24) is 10.6 Å². The molecule has 1 atom stereocenters. The predicted molar refractivity (Wildman–Crippen MR) is 75.1 cm³/mol. The fourth-order valence-corrected chi connectivity index (χ4v) is 2.70. The number of amides is 1. The average Bonchev–Trinajstić information content (AvgIpc) is 2.40. The highest BCUT2D eigenvalue weighted by molar-refractivity contribution is 5.83. The van der Waals surface area contributed by atoms with Gasteiger partial charge in [-0.3, -0.25) is 4.79 Å². The van der Waals surface area contributed by atoms with Crippen molar-refractivity contribution >= 4 is 5.91 Å². The molecule has 19 heavy (non-hydrogen) atoms. The van der Waals surface area contributed by atoms with Crippen molar-refractivity contribution < 1.29 is 14.3 Å². The van der Waals surface area contributed by atoms with Crippen LogP contribution in [0.2, 0.25) is 0 Å². The zero-order valence-corrected chi connectivity index (χ0v) is 12.5. The van der Waals surface area contributed by atoms with E-state index in [1.54, 1.807) is 14.2 Å². The molecular weight excluding hydrogens is 244 g/mol. The van der Waals surface area contributed by atoms with Gasteiger partial charge in [0.25, 0.3) is 0 Å². The summed E-state index contributed by atoms with van der Waals surface area (Å²) < 4.78 is 10.5. The van der Waals surface area contributed by atoms with Crippen LogP contribution in [0.5, 0.6) is 0 Å². The number of carbonyl (C=O) groups excluding carboxylic acids is 1. The Bertz CT molecular complexity index is 254. The minimum Gasteiger partial charge on any atom is -0.384 e. The third-order valence-corrected chi connectivity index (χ3v) is 3.80. The number of hydrogen-bond acceptors (Lipinski definition) is 4. The first-order valence-electron chi connectivity index (χ1n) is 7.18. The van der Waals surface area contributed by atoms with Gasteiger partial charge < -0.3 is 20.1 Å². The lowest BCUT2D eigenvalue weighted by atomic mass is 9.78. The summed E-state index contributed by atoms with van der Waals surface area (Å²) in [5.41, 5.74) is -0.375. The van der Waals surface area contributed by atoms with Gasteiger partial charge in [0.2, 0.25) is 5.91 Å². The van der Waals surface area contributed by atoms with Gasteiger partial charge in [-0.1, -0.05) is 13.3 Å². The van der Waals surface area contributed by atoms with Gasteiger partial charge in [0.1, 0.15) is 0 Å². The maximum Gasteiger partial charge on any atom is 0.228 e. The summed E-state index contributed by atoms with van der Waals surface area (Å²) in [5, 5.41) is 6.44. The van der Waals surface area contributed by atoms with Crippen molar-refractivity contribution in [2.75, 3.05) is 40.5 Å². The number of carbonyl (C=O) groups is 1. The average molecular weight is 272 g/mol. The summed E-state index contributed by atoms with van der Waals surface area (Å²) >= 11 is 0. The van der Waals surface area contributed by atoms with E-state index >= 15 is 0 Å². The summed E-state index contributed by atoms with van der Waals surface area (Å²) in [6.07, 6.45) is 3.64. The molecule has 1 heterocycles. The van der Waals surface area contributed by atoms with Crippen molar-refractivity contribution in [2.45, 2.75) is 38.6 Å². The zero-order chi connectivity index (χ0) is 14.1. The molecule has 1 fully saturated rings. The quantitative estimate of drug-likeness (QED) is 0.690. The highest BCUT2D eigenvalue weighted by Crippen LogP contribution is 2.29. The number of nitrogens with one attached hydrogen (secondary N) is 2. The van der Waals surface area contributed by atoms with Gasteiger partial charge in [0, 0.05) is 14.2 Å². The minimum atomic E-state index is -0.375. The van der Waals surface area contributed by atoms with Crippen molar-refractivity contribution in [3.8, 4) is 0 Å². The normalized spacial score (nSPS) is 19.9. The van der Waals surface area contributed by atoms with E-state index in [9.17, 15) is 4.79 Å². The van der Waals surface area contributed by atoms with E-state index < -0.39 is 0 Å². The smallest absolute Gasteiger partial charge is 0.228 e. The molecule has 1 rings (SSSR count). The number of hydrogen-bond donors (Lipinski definition) is 2. The van der Waals surface area contributed by atoms with Crippen LogP contribution in [0, 0.1) is 5.41 Å². The number of rotatable bonds is 8. The molecule has 0 aromatic rings. The molecule has 5 heteroatoms. The van der Waals surface area contributed by atoms with Crippen LogP contribution in [-0.2, 0) is 14.3 Å². The Balaban J connectivity index is 2.64. The van der Waals surface area contributed by atoms with Crippen LogP contribution in [0.1, 0.15) is 32.6 Å². The largest absolute Gasteiger partial charge is 0.384 e. The lowest BCUT2D eigenvalue weighted by Crippen LogP contribution is -2.53. The summed E-state index contributed by atoms with van der Waals surface area (Å²) in [6, 6.07) is 0.103. The first-order valence-corrected chi connectivity index (χ1v) is 7.18. The second-order valence-electron chi connectivity index (χ2n) is 5.38. The highest BCUT2D eigenvalue weighted by atomic mass is 16.5. The van der Waals surface area contributed by atoms with Crippen LogP contribution in [0.4, 0.5) is 0 Å². The molecule has 1 unspecified atom stereocenters. The predicted octanol–water partition coefficient (Wildman–Crippen LogP) is 0.934. The molecule has 1 aliphatic rings. The Kier molecular flexibility index (Phi) is 7.34. The van der Waals surface area contributed by atoms with Gasteiger partial charge in [-0.15, -0.1) is 0 Å². The summed E-state index contributed by atoms with van der Waals surface area (Å²) in [6.45, 7) is 4.93. The number of piperidine rings is 1. The molecule has 112 valence electrons. The number of methoxy groups -OCH3 is 2. The van der Waals surface area contributed by atoms with E-state index in [1.165, 1.54) is 0 Å². The fraction of sp³-hybridized carbons (Fsp3) is 0.929. The van der Waals surface area contributed by atoms with E-state index in [0.717, 1.165) is 38.8 Å². The van der Waals surface area contributed by atoms with Crippen LogP contribution >= 0.6 is 0 Å². The molecule has 0 bridgehead atoms. The fourth-order valence-electron chi connectivity index (χ4n) is 2.70. The van der Waals surface area contributed by atoms with Gasteiger partial charge in [0.15, 0.2) is 0 Å². The van der Waals surface area contributed by atoms with Crippen LogP contribution in [0.25, 0.3) is 0 Å². The van der Waals surface area contributed by atoms with Gasteiger partial charge in [-0.25, -0.2) is 0 Å². The van der Waals surface area contributed by atoms with Crippen LogP contribution in [0.15, 0.2) is 0 Å². The lowest BCUT2D eigenvalue weighted by Gasteiger charge is -2.36. The first-order chi connectivity index (χ1) is 9.18. The molecule has 0 aromatic heterocycles.